The smallest absolute Gasteiger partial charge is 0.339 e. The van der Waals surface area contributed by atoms with Crippen molar-refractivity contribution in [1.82, 2.24) is 0 Å². The molecule has 8 nitrogen and oxygen atoms in total. The van der Waals surface area contributed by atoms with Gasteiger partial charge in [-0.05, 0) is 12.1 Å². The Morgan fingerprint density at radius 1 is 0.733 bits per heavy atom. The molecule has 8 heteroatoms. The average molecular weight is 416 g/mol. The maximum Gasteiger partial charge on any atom is 0.339 e. The third-order valence-electron chi connectivity index (χ3n) is 4.85. The maximum absolute atomic E-state index is 12.8. The topological polar surface area (TPSA) is 81.7 Å². The largest absolute Gasteiger partial charge is 0.496 e. The van der Waals surface area contributed by atoms with Crippen LogP contribution in [0.1, 0.15) is 11.1 Å². The number of carbonyl (C=O) groups is 1. The van der Waals surface area contributed by atoms with Gasteiger partial charge in [-0.2, -0.15) is 0 Å². The quantitative estimate of drug-likeness (QED) is 0.607. The molecule has 30 heavy (non-hydrogen) atoms. The van der Waals surface area contributed by atoms with Crippen molar-refractivity contribution in [2.45, 2.75) is 0 Å². The fourth-order valence-electron chi connectivity index (χ4n) is 3.46. The van der Waals surface area contributed by atoms with E-state index in [2.05, 4.69) is 0 Å². The molecule has 0 aliphatic carbocycles. The summed E-state index contributed by atoms with van der Waals surface area (Å²) in [6.07, 6.45) is 0. The number of esters is 1. The molecule has 3 rings (SSSR count). The molecule has 0 fully saturated rings. The number of methoxy groups -OCH3 is 6. The van der Waals surface area contributed by atoms with E-state index in [0.29, 0.717) is 56.8 Å². The van der Waals surface area contributed by atoms with Gasteiger partial charge in [0.2, 0.25) is 5.75 Å². The van der Waals surface area contributed by atoms with Gasteiger partial charge in [0.1, 0.15) is 23.9 Å². The van der Waals surface area contributed by atoms with E-state index in [1.165, 1.54) is 42.7 Å². The van der Waals surface area contributed by atoms with Gasteiger partial charge in [-0.1, -0.05) is 0 Å². The highest BCUT2D eigenvalue weighted by Crippen LogP contribution is 2.48. The number of ether oxygens (including phenoxy) is 7. The highest BCUT2D eigenvalue weighted by molar-refractivity contribution is 6.29. The van der Waals surface area contributed by atoms with E-state index >= 15 is 0 Å². The summed E-state index contributed by atoms with van der Waals surface area (Å²) in [5.74, 6) is 2.21. The Hall–Kier alpha value is -3.55. The van der Waals surface area contributed by atoms with E-state index in [0.717, 1.165) is 0 Å². The molecule has 0 radical (unpaired) electrons. The summed E-state index contributed by atoms with van der Waals surface area (Å²) in [6, 6.07) is 6.90. The van der Waals surface area contributed by atoms with Crippen molar-refractivity contribution in [2.75, 3.05) is 49.3 Å². The lowest BCUT2D eigenvalue weighted by atomic mass is 9.94. The Bertz CT molecular complexity index is 968. The Balaban J connectivity index is 2.34. The minimum Gasteiger partial charge on any atom is -0.496 e. The van der Waals surface area contributed by atoms with Crippen molar-refractivity contribution in [3.8, 4) is 34.5 Å². The molecule has 2 aromatic carbocycles. The van der Waals surface area contributed by atoms with Crippen LogP contribution >= 0.6 is 0 Å². The number of hydrogen-bond donors (Lipinski definition) is 0. The molecule has 1 heterocycles. The van der Waals surface area contributed by atoms with Crippen molar-refractivity contribution in [1.29, 1.82) is 0 Å². The van der Waals surface area contributed by atoms with Gasteiger partial charge in [0.15, 0.2) is 11.5 Å². The summed E-state index contributed by atoms with van der Waals surface area (Å²) in [5.41, 5.74) is 2.03. The minimum absolute atomic E-state index is 0.0539. The molecule has 0 unspecified atom stereocenters. The van der Waals surface area contributed by atoms with Crippen LogP contribution in [0.15, 0.2) is 24.3 Å². The third kappa shape index (κ3) is 3.45. The molecule has 0 amide bonds. The predicted molar refractivity (Wildman–Crippen MR) is 110 cm³/mol. The van der Waals surface area contributed by atoms with Gasteiger partial charge in [-0.3, -0.25) is 0 Å². The molecule has 0 spiro atoms. The molecular weight excluding hydrogens is 392 g/mol. The zero-order chi connectivity index (χ0) is 21.8. The van der Waals surface area contributed by atoms with Crippen molar-refractivity contribution in [2.24, 2.45) is 0 Å². The van der Waals surface area contributed by atoms with Crippen LogP contribution in [0.3, 0.4) is 0 Å². The molecule has 1 aliphatic heterocycles. The molecule has 0 N–H and O–H groups in total. The number of cyclic esters (lactones) is 1. The predicted octanol–water partition coefficient (Wildman–Crippen LogP) is 3.21. The van der Waals surface area contributed by atoms with Crippen LogP contribution in [0.2, 0.25) is 0 Å². The number of hydrogen-bond acceptors (Lipinski definition) is 8. The lowest BCUT2D eigenvalue weighted by Gasteiger charge is -2.18. The van der Waals surface area contributed by atoms with E-state index in [1.807, 2.05) is 0 Å². The van der Waals surface area contributed by atoms with E-state index in [-0.39, 0.29) is 6.61 Å². The standard InChI is InChI=1S/C22H24O8/c1-24-12-9-16(26-3)19(17(10-12)27-4)18-14(11-30-22(18)23)13-7-8-15(25-2)21(29-6)20(13)28-5/h7-10H,11H2,1-6H3. The van der Waals surface area contributed by atoms with Gasteiger partial charge in [0, 0.05) is 23.3 Å². The van der Waals surface area contributed by atoms with Crippen LogP contribution in [-0.4, -0.2) is 55.2 Å². The molecule has 2 aromatic rings. The molecular formula is C22H24O8. The van der Waals surface area contributed by atoms with E-state index in [1.54, 1.807) is 24.3 Å². The summed E-state index contributed by atoms with van der Waals surface area (Å²) < 4.78 is 38.2. The normalized spacial score (nSPS) is 13.1. The second-order valence-corrected chi connectivity index (χ2v) is 6.22. The molecule has 0 saturated heterocycles. The van der Waals surface area contributed by atoms with Crippen molar-refractivity contribution < 1.29 is 38.0 Å². The summed E-state index contributed by atoms with van der Waals surface area (Å²) in [6.45, 7) is 0.0539. The van der Waals surface area contributed by atoms with Gasteiger partial charge >= 0.3 is 5.97 Å². The zero-order valence-corrected chi connectivity index (χ0v) is 17.8. The van der Waals surface area contributed by atoms with Gasteiger partial charge in [0.25, 0.3) is 0 Å². The SMILES string of the molecule is COc1cc(OC)c(C2=C(c3ccc(OC)c(OC)c3OC)COC2=O)c(OC)c1. The Morgan fingerprint density at radius 2 is 1.33 bits per heavy atom. The first-order valence-electron chi connectivity index (χ1n) is 9.04. The summed E-state index contributed by atoms with van der Waals surface area (Å²) in [7, 11) is 9.14. The van der Waals surface area contributed by atoms with Crippen LogP contribution in [0.25, 0.3) is 11.1 Å². The number of benzene rings is 2. The fraction of sp³-hybridized carbons (Fsp3) is 0.318. The van der Waals surface area contributed by atoms with E-state index in [9.17, 15) is 4.79 Å². The van der Waals surface area contributed by atoms with Crippen molar-refractivity contribution in [3.05, 3.63) is 35.4 Å². The lowest BCUT2D eigenvalue weighted by Crippen LogP contribution is -2.04. The van der Waals surface area contributed by atoms with Crippen molar-refractivity contribution >= 4 is 17.1 Å². The van der Waals surface area contributed by atoms with Crippen LogP contribution < -0.4 is 28.4 Å². The molecule has 0 atom stereocenters. The molecule has 1 aliphatic rings. The van der Waals surface area contributed by atoms with Crippen molar-refractivity contribution in [3.63, 3.8) is 0 Å². The van der Waals surface area contributed by atoms with Gasteiger partial charge in [0.05, 0.1) is 53.8 Å². The van der Waals surface area contributed by atoms with Gasteiger partial charge in [-0.25, -0.2) is 4.79 Å². The average Bonchev–Trinajstić information content (AvgIpc) is 3.17. The monoisotopic (exact) mass is 416 g/mol. The van der Waals surface area contributed by atoms with Gasteiger partial charge in [-0.15, -0.1) is 0 Å². The Morgan fingerprint density at radius 3 is 1.83 bits per heavy atom. The second-order valence-electron chi connectivity index (χ2n) is 6.22. The minimum atomic E-state index is -0.497. The Kier molecular flexibility index (Phi) is 6.25. The summed E-state index contributed by atoms with van der Waals surface area (Å²) >= 11 is 0. The molecule has 160 valence electrons. The highest BCUT2D eigenvalue weighted by Gasteiger charge is 2.34. The van der Waals surface area contributed by atoms with Crippen LogP contribution in [0, 0.1) is 0 Å². The lowest BCUT2D eigenvalue weighted by molar-refractivity contribution is -0.133. The van der Waals surface area contributed by atoms with E-state index in [4.69, 9.17) is 33.2 Å². The first-order valence-corrected chi connectivity index (χ1v) is 9.04. The van der Waals surface area contributed by atoms with Crippen LogP contribution in [-0.2, 0) is 9.53 Å². The molecule has 0 bridgehead atoms. The Labute approximate surface area is 174 Å². The first kappa shape index (κ1) is 21.2. The highest BCUT2D eigenvalue weighted by atomic mass is 16.5. The van der Waals surface area contributed by atoms with Gasteiger partial charge < -0.3 is 33.2 Å². The summed E-state index contributed by atoms with van der Waals surface area (Å²) in [5, 5.41) is 0. The first-order chi connectivity index (χ1) is 14.5. The van der Waals surface area contributed by atoms with E-state index < -0.39 is 5.97 Å². The second kappa shape index (κ2) is 8.86. The fourth-order valence-corrected chi connectivity index (χ4v) is 3.46. The zero-order valence-electron chi connectivity index (χ0n) is 17.8. The number of rotatable bonds is 8. The number of carbonyl (C=O) groups excluding carboxylic acids is 1. The van der Waals surface area contributed by atoms with Crippen LogP contribution in [0.5, 0.6) is 34.5 Å². The summed E-state index contributed by atoms with van der Waals surface area (Å²) in [4.78, 5) is 12.8. The molecule has 0 aromatic heterocycles. The maximum atomic E-state index is 12.8. The van der Waals surface area contributed by atoms with Crippen LogP contribution in [0.4, 0.5) is 0 Å². The molecule has 0 saturated carbocycles. The third-order valence-corrected chi connectivity index (χ3v) is 4.85.